The fourth-order valence-corrected chi connectivity index (χ4v) is 4.14. The monoisotopic (exact) mass is 280 g/mol. The molecule has 0 aliphatic heterocycles. The van der Waals surface area contributed by atoms with E-state index < -0.39 is 0 Å². The second-order valence-electron chi connectivity index (χ2n) is 8.34. The third kappa shape index (κ3) is 3.98. The van der Waals surface area contributed by atoms with Crippen molar-refractivity contribution in [3.63, 3.8) is 0 Å². The zero-order valence-electron chi connectivity index (χ0n) is 14.4. The maximum Gasteiger partial charge on any atom is 0.0249 e. The maximum atomic E-state index is 3.76. The van der Waals surface area contributed by atoms with E-state index in [0.29, 0.717) is 11.5 Å². The third-order valence-electron chi connectivity index (χ3n) is 5.84. The summed E-state index contributed by atoms with van der Waals surface area (Å²) in [5.74, 6) is 1.86. The molecule has 0 spiro atoms. The van der Waals surface area contributed by atoms with Gasteiger partial charge in [0.25, 0.3) is 0 Å². The van der Waals surface area contributed by atoms with Crippen LogP contribution in [0.15, 0.2) is 0 Å². The molecule has 0 radical (unpaired) electrons. The zero-order chi connectivity index (χ0) is 14.8. The van der Waals surface area contributed by atoms with Crippen LogP contribution in [0.4, 0.5) is 0 Å². The number of hydrogen-bond acceptors (Lipinski definition) is 2. The largest absolute Gasteiger partial charge is 0.313 e. The summed E-state index contributed by atoms with van der Waals surface area (Å²) in [7, 11) is 2.37. The van der Waals surface area contributed by atoms with Crippen molar-refractivity contribution in [3.8, 4) is 0 Å². The smallest absolute Gasteiger partial charge is 0.0249 e. The number of likely N-dealkylation sites (N-methyl/N-ethyl adjacent to an activating group) is 2. The molecule has 3 atom stereocenters. The van der Waals surface area contributed by atoms with Crippen LogP contribution in [0, 0.1) is 17.3 Å². The molecule has 2 aliphatic rings. The van der Waals surface area contributed by atoms with Gasteiger partial charge in [0.15, 0.2) is 0 Å². The Kier molecular flexibility index (Phi) is 5.53. The van der Waals surface area contributed by atoms with Gasteiger partial charge in [-0.15, -0.1) is 0 Å². The first kappa shape index (κ1) is 16.3. The van der Waals surface area contributed by atoms with Gasteiger partial charge in [-0.1, -0.05) is 34.1 Å². The molecule has 2 nitrogen and oxygen atoms in total. The quantitative estimate of drug-likeness (QED) is 0.821. The van der Waals surface area contributed by atoms with E-state index >= 15 is 0 Å². The van der Waals surface area contributed by atoms with Crippen LogP contribution >= 0.6 is 0 Å². The fraction of sp³-hybridized carbons (Fsp3) is 1.00. The van der Waals surface area contributed by atoms with E-state index in [2.05, 4.69) is 45.0 Å². The lowest BCUT2D eigenvalue weighted by Crippen LogP contribution is -2.54. The van der Waals surface area contributed by atoms with Gasteiger partial charge in [0.2, 0.25) is 0 Å². The molecular formula is C18H36N2. The van der Waals surface area contributed by atoms with Crippen LogP contribution in [-0.2, 0) is 0 Å². The SMILES string of the molecule is CCNC1CCC(C(C)(C)C)CC1N(C)CC1CCC1. The molecule has 2 fully saturated rings. The van der Waals surface area contributed by atoms with E-state index in [4.69, 9.17) is 0 Å². The number of nitrogens with one attached hydrogen (secondary N) is 1. The Hall–Kier alpha value is -0.0800. The molecule has 0 amide bonds. The van der Waals surface area contributed by atoms with Gasteiger partial charge in [0, 0.05) is 18.6 Å². The van der Waals surface area contributed by atoms with Crippen molar-refractivity contribution in [1.29, 1.82) is 0 Å². The predicted octanol–water partition coefficient (Wildman–Crippen LogP) is 3.91. The summed E-state index contributed by atoms with van der Waals surface area (Å²) in [6.07, 6.45) is 8.52. The standard InChI is InChI=1S/C18H36N2/c1-6-19-16-11-10-15(18(2,3)4)12-17(16)20(5)13-14-8-7-9-14/h14-17,19H,6-13H2,1-5H3. The highest BCUT2D eigenvalue weighted by Crippen LogP contribution is 2.40. The second-order valence-corrected chi connectivity index (χ2v) is 8.34. The summed E-state index contributed by atoms with van der Waals surface area (Å²) in [4.78, 5) is 2.69. The summed E-state index contributed by atoms with van der Waals surface area (Å²) in [5.41, 5.74) is 0.465. The Bertz CT molecular complexity index is 290. The van der Waals surface area contributed by atoms with Crippen LogP contribution in [0.3, 0.4) is 0 Å². The third-order valence-corrected chi connectivity index (χ3v) is 5.84. The Morgan fingerprint density at radius 2 is 1.80 bits per heavy atom. The van der Waals surface area contributed by atoms with Crippen LogP contribution in [0.1, 0.15) is 66.2 Å². The number of nitrogens with zero attached hydrogens (tertiary/aromatic N) is 1. The van der Waals surface area contributed by atoms with E-state index in [1.165, 1.54) is 45.1 Å². The highest BCUT2D eigenvalue weighted by atomic mass is 15.2. The van der Waals surface area contributed by atoms with Crippen molar-refractivity contribution in [2.75, 3.05) is 20.1 Å². The highest BCUT2D eigenvalue weighted by Gasteiger charge is 2.37. The van der Waals surface area contributed by atoms with Gasteiger partial charge in [-0.05, 0) is 62.9 Å². The second kappa shape index (κ2) is 6.79. The average Bonchev–Trinajstić information content (AvgIpc) is 2.33. The van der Waals surface area contributed by atoms with Gasteiger partial charge in [-0.25, -0.2) is 0 Å². The molecule has 0 saturated heterocycles. The van der Waals surface area contributed by atoms with E-state index in [0.717, 1.165) is 24.4 Å². The first-order valence-corrected chi connectivity index (χ1v) is 8.85. The normalized spacial score (nSPS) is 32.4. The van der Waals surface area contributed by atoms with Crippen molar-refractivity contribution in [3.05, 3.63) is 0 Å². The van der Waals surface area contributed by atoms with Gasteiger partial charge < -0.3 is 10.2 Å². The molecule has 118 valence electrons. The maximum absolute atomic E-state index is 3.76. The molecule has 0 aromatic rings. The predicted molar refractivity (Wildman–Crippen MR) is 88.0 cm³/mol. The van der Waals surface area contributed by atoms with Gasteiger partial charge in [0.05, 0.1) is 0 Å². The van der Waals surface area contributed by atoms with Crippen LogP contribution in [-0.4, -0.2) is 37.1 Å². The lowest BCUT2D eigenvalue weighted by atomic mass is 9.69. The summed E-state index contributed by atoms with van der Waals surface area (Å²) in [6.45, 7) is 12.0. The summed E-state index contributed by atoms with van der Waals surface area (Å²) in [5, 5.41) is 3.76. The lowest BCUT2D eigenvalue weighted by molar-refractivity contribution is 0.0562. The minimum Gasteiger partial charge on any atom is -0.313 e. The summed E-state index contributed by atoms with van der Waals surface area (Å²) in [6, 6.07) is 1.46. The van der Waals surface area contributed by atoms with Gasteiger partial charge in [-0.3, -0.25) is 0 Å². The molecule has 0 aromatic carbocycles. The Morgan fingerprint density at radius 1 is 1.10 bits per heavy atom. The summed E-state index contributed by atoms with van der Waals surface area (Å²) < 4.78 is 0. The van der Waals surface area contributed by atoms with Gasteiger partial charge in [-0.2, -0.15) is 0 Å². The first-order chi connectivity index (χ1) is 9.41. The lowest BCUT2D eigenvalue weighted by Gasteiger charge is -2.46. The Balaban J connectivity index is 1.97. The molecule has 0 bridgehead atoms. The van der Waals surface area contributed by atoms with E-state index in [-0.39, 0.29) is 0 Å². The van der Waals surface area contributed by atoms with Crippen LogP contribution in [0.5, 0.6) is 0 Å². The number of hydrogen-bond donors (Lipinski definition) is 1. The molecule has 20 heavy (non-hydrogen) atoms. The molecule has 2 saturated carbocycles. The van der Waals surface area contributed by atoms with E-state index in [1.54, 1.807) is 0 Å². The van der Waals surface area contributed by atoms with Crippen LogP contribution in [0.25, 0.3) is 0 Å². The van der Waals surface area contributed by atoms with Crippen LogP contribution < -0.4 is 5.32 Å². The minimum absolute atomic E-state index is 0.465. The molecule has 2 aliphatic carbocycles. The molecule has 2 heteroatoms. The Morgan fingerprint density at radius 3 is 2.30 bits per heavy atom. The van der Waals surface area contributed by atoms with Gasteiger partial charge >= 0.3 is 0 Å². The number of rotatable bonds is 5. The van der Waals surface area contributed by atoms with Crippen molar-refractivity contribution < 1.29 is 0 Å². The molecule has 1 N–H and O–H groups in total. The highest BCUT2D eigenvalue weighted by molar-refractivity contribution is 4.94. The molecule has 3 unspecified atom stereocenters. The van der Waals surface area contributed by atoms with E-state index in [1.807, 2.05) is 0 Å². The van der Waals surface area contributed by atoms with E-state index in [9.17, 15) is 0 Å². The van der Waals surface area contributed by atoms with Gasteiger partial charge in [0.1, 0.15) is 0 Å². The zero-order valence-corrected chi connectivity index (χ0v) is 14.4. The minimum atomic E-state index is 0.465. The van der Waals surface area contributed by atoms with Crippen LogP contribution in [0.2, 0.25) is 0 Å². The van der Waals surface area contributed by atoms with Crippen molar-refractivity contribution in [2.45, 2.75) is 78.3 Å². The summed E-state index contributed by atoms with van der Waals surface area (Å²) >= 11 is 0. The molecular weight excluding hydrogens is 244 g/mol. The van der Waals surface area contributed by atoms with Crippen molar-refractivity contribution in [1.82, 2.24) is 10.2 Å². The average molecular weight is 281 g/mol. The van der Waals surface area contributed by atoms with Crippen molar-refractivity contribution >= 4 is 0 Å². The first-order valence-electron chi connectivity index (χ1n) is 8.85. The fourth-order valence-electron chi connectivity index (χ4n) is 4.14. The molecule has 0 aromatic heterocycles. The Labute approximate surface area is 126 Å². The topological polar surface area (TPSA) is 15.3 Å². The molecule has 2 rings (SSSR count). The molecule has 0 heterocycles. The van der Waals surface area contributed by atoms with Crippen molar-refractivity contribution in [2.24, 2.45) is 17.3 Å².